The third kappa shape index (κ3) is 6.18. The molecule has 1 spiro atoms. The lowest BCUT2D eigenvalue weighted by Crippen LogP contribution is -2.48. The van der Waals surface area contributed by atoms with Crippen LogP contribution in [0.25, 0.3) is 11.0 Å². The zero-order chi connectivity index (χ0) is 33.7. The van der Waals surface area contributed by atoms with Gasteiger partial charge in [0.05, 0.1) is 40.8 Å². The molecule has 11 nitrogen and oxygen atoms in total. The minimum absolute atomic E-state index is 0.0109. The molecule has 1 atom stereocenters. The van der Waals surface area contributed by atoms with Gasteiger partial charge in [0.1, 0.15) is 11.6 Å². The zero-order valence-electron chi connectivity index (χ0n) is 28.6. The van der Waals surface area contributed by atoms with E-state index in [-0.39, 0.29) is 16.2 Å². The number of imidazole rings is 1. The Morgan fingerprint density at radius 3 is 2.30 bits per heavy atom. The van der Waals surface area contributed by atoms with E-state index in [1.165, 1.54) is 15.6 Å². The van der Waals surface area contributed by atoms with Crippen molar-refractivity contribution in [3.8, 4) is 5.75 Å². The number of piperidine rings is 2. The SMILES string of the molecule is COc1cc(C)c(S(=O)(=O)N(C)C(C)c2nc3cccc(C(=O)N4CCC5(CCN(Cc6cnn(C)c6C)CC5)CC4)c3[nH]2)c(C)c1. The average Bonchev–Trinajstić information content (AvgIpc) is 3.63. The summed E-state index contributed by atoms with van der Waals surface area (Å²) in [6.07, 6.45) is 6.30. The third-order valence-electron chi connectivity index (χ3n) is 10.8. The highest BCUT2D eigenvalue weighted by Gasteiger charge is 2.39. The van der Waals surface area contributed by atoms with Crippen molar-refractivity contribution in [2.24, 2.45) is 12.5 Å². The molecule has 2 aromatic heterocycles. The number of ether oxygens (including phenoxy) is 1. The lowest BCUT2D eigenvalue weighted by Gasteiger charge is -2.47. The summed E-state index contributed by atoms with van der Waals surface area (Å²) in [6, 6.07) is 8.41. The number of nitrogens with one attached hydrogen (secondary N) is 1. The summed E-state index contributed by atoms with van der Waals surface area (Å²) in [5.41, 5.74) is 5.90. The van der Waals surface area contributed by atoms with Gasteiger partial charge in [0, 0.05) is 45.0 Å². The Hall–Kier alpha value is -3.74. The number of para-hydroxylation sites is 1. The second kappa shape index (κ2) is 12.7. The largest absolute Gasteiger partial charge is 0.497 e. The van der Waals surface area contributed by atoms with Crippen LogP contribution in [0.3, 0.4) is 0 Å². The van der Waals surface area contributed by atoms with Crippen molar-refractivity contribution in [2.45, 2.75) is 70.9 Å². The molecule has 252 valence electrons. The Balaban J connectivity index is 1.13. The highest BCUT2D eigenvalue weighted by molar-refractivity contribution is 7.89. The van der Waals surface area contributed by atoms with Crippen LogP contribution >= 0.6 is 0 Å². The molecular formula is C35H47N7O4S. The first kappa shape index (κ1) is 33.2. The van der Waals surface area contributed by atoms with Crippen molar-refractivity contribution in [1.29, 1.82) is 0 Å². The van der Waals surface area contributed by atoms with Crippen LogP contribution in [0.2, 0.25) is 0 Å². The van der Waals surface area contributed by atoms with Crippen LogP contribution < -0.4 is 4.74 Å². The number of rotatable bonds is 8. The van der Waals surface area contributed by atoms with Crippen LogP contribution in [-0.2, 0) is 23.6 Å². The molecule has 2 saturated heterocycles. The van der Waals surface area contributed by atoms with Crippen molar-refractivity contribution >= 4 is 27.0 Å². The van der Waals surface area contributed by atoms with Gasteiger partial charge in [-0.25, -0.2) is 13.4 Å². The van der Waals surface area contributed by atoms with E-state index in [0.717, 1.165) is 58.4 Å². The molecule has 4 heterocycles. The van der Waals surface area contributed by atoms with Gasteiger partial charge in [0.15, 0.2) is 0 Å². The molecular weight excluding hydrogens is 614 g/mol. The standard InChI is InChI=1S/C35H47N7O4S/c1-23-19-28(46-7)20-24(2)32(23)47(44,45)40(6)26(4)33-37-30-10-8-9-29(31(30)38-33)34(43)42-17-13-35(14-18-42)11-15-41(16-12-35)22-27-21-36-39(5)25(27)3/h8-10,19-21,26H,11-18,22H2,1-7H3,(H,37,38). The Bertz CT molecular complexity index is 1870. The van der Waals surface area contributed by atoms with E-state index in [1.54, 1.807) is 47.1 Å². The monoisotopic (exact) mass is 661 g/mol. The number of likely N-dealkylation sites (tertiary alicyclic amines) is 2. The number of aromatic nitrogens is 4. The minimum Gasteiger partial charge on any atom is -0.497 e. The Kier molecular flexibility index (Phi) is 8.96. The lowest BCUT2D eigenvalue weighted by atomic mass is 9.71. The van der Waals surface area contributed by atoms with E-state index in [2.05, 4.69) is 21.9 Å². The van der Waals surface area contributed by atoms with Gasteiger partial charge in [-0.15, -0.1) is 0 Å². The predicted molar refractivity (Wildman–Crippen MR) is 182 cm³/mol. The van der Waals surface area contributed by atoms with Gasteiger partial charge in [-0.05, 0) is 107 Å². The number of amides is 1. The first-order valence-corrected chi connectivity index (χ1v) is 17.9. The van der Waals surface area contributed by atoms with E-state index in [4.69, 9.17) is 9.72 Å². The summed E-state index contributed by atoms with van der Waals surface area (Å²) in [5, 5.41) is 4.40. The number of sulfonamides is 1. The molecule has 2 aliphatic heterocycles. The Morgan fingerprint density at radius 2 is 1.70 bits per heavy atom. The maximum Gasteiger partial charge on any atom is 0.256 e. The van der Waals surface area contributed by atoms with Crippen LogP contribution in [0.4, 0.5) is 0 Å². The molecule has 47 heavy (non-hydrogen) atoms. The van der Waals surface area contributed by atoms with Crippen molar-refractivity contribution in [2.75, 3.05) is 40.3 Å². The lowest BCUT2D eigenvalue weighted by molar-refractivity contribution is 0.0285. The van der Waals surface area contributed by atoms with Gasteiger partial charge in [0.2, 0.25) is 10.0 Å². The number of hydrogen-bond donors (Lipinski definition) is 1. The molecule has 1 unspecified atom stereocenters. The highest BCUT2D eigenvalue weighted by Crippen LogP contribution is 2.42. The summed E-state index contributed by atoms with van der Waals surface area (Å²) in [5.74, 6) is 1.09. The third-order valence-corrected chi connectivity index (χ3v) is 13.0. The van der Waals surface area contributed by atoms with E-state index in [1.807, 2.05) is 41.0 Å². The van der Waals surface area contributed by atoms with Crippen molar-refractivity contribution in [1.82, 2.24) is 33.9 Å². The number of hydrogen-bond acceptors (Lipinski definition) is 7. The molecule has 0 bridgehead atoms. The van der Waals surface area contributed by atoms with Gasteiger partial charge in [-0.3, -0.25) is 14.4 Å². The smallest absolute Gasteiger partial charge is 0.256 e. The van der Waals surface area contributed by atoms with Crippen LogP contribution in [0, 0.1) is 26.2 Å². The van der Waals surface area contributed by atoms with Crippen molar-refractivity contribution in [3.63, 3.8) is 0 Å². The molecule has 2 aliphatic rings. The van der Waals surface area contributed by atoms with Gasteiger partial charge in [0.25, 0.3) is 5.91 Å². The van der Waals surface area contributed by atoms with Gasteiger partial charge in [-0.1, -0.05) is 6.07 Å². The van der Waals surface area contributed by atoms with Crippen molar-refractivity contribution < 1.29 is 17.9 Å². The van der Waals surface area contributed by atoms with E-state index in [0.29, 0.717) is 39.3 Å². The number of nitrogens with zero attached hydrogens (tertiary/aromatic N) is 6. The minimum atomic E-state index is -3.85. The number of fused-ring (bicyclic) bond motifs is 1. The maximum atomic E-state index is 13.9. The van der Waals surface area contributed by atoms with Crippen LogP contribution in [0.15, 0.2) is 41.4 Å². The van der Waals surface area contributed by atoms with E-state index in [9.17, 15) is 13.2 Å². The Labute approximate surface area is 278 Å². The zero-order valence-corrected chi connectivity index (χ0v) is 29.4. The second-order valence-corrected chi connectivity index (χ2v) is 15.5. The van der Waals surface area contributed by atoms with Crippen molar-refractivity contribution in [3.05, 3.63) is 70.3 Å². The highest BCUT2D eigenvalue weighted by atomic mass is 32.2. The summed E-state index contributed by atoms with van der Waals surface area (Å²) in [6.45, 7) is 12.0. The number of carbonyl (C=O) groups is 1. The molecule has 0 radical (unpaired) electrons. The number of H-pyrrole nitrogens is 1. The van der Waals surface area contributed by atoms with Crippen LogP contribution in [-0.4, -0.2) is 88.5 Å². The quantitative estimate of drug-likeness (QED) is 0.278. The first-order chi connectivity index (χ1) is 22.3. The number of benzene rings is 2. The first-order valence-electron chi connectivity index (χ1n) is 16.4. The summed E-state index contributed by atoms with van der Waals surface area (Å²) >= 11 is 0. The van der Waals surface area contributed by atoms with Gasteiger partial charge < -0.3 is 14.6 Å². The van der Waals surface area contributed by atoms with Gasteiger partial charge >= 0.3 is 0 Å². The van der Waals surface area contributed by atoms with E-state index >= 15 is 0 Å². The summed E-state index contributed by atoms with van der Waals surface area (Å²) in [4.78, 5) is 26.8. The molecule has 2 aromatic carbocycles. The maximum absolute atomic E-state index is 13.9. The van der Waals surface area contributed by atoms with E-state index < -0.39 is 16.1 Å². The number of aromatic amines is 1. The molecule has 1 amide bonds. The topological polar surface area (TPSA) is 117 Å². The molecule has 12 heteroatoms. The molecule has 0 saturated carbocycles. The summed E-state index contributed by atoms with van der Waals surface area (Å²) in [7, 11) is 1.27. The second-order valence-electron chi connectivity index (χ2n) is 13.6. The molecule has 2 fully saturated rings. The fraction of sp³-hybridized carbons (Fsp3) is 0.514. The predicted octanol–water partition coefficient (Wildman–Crippen LogP) is 5.13. The Morgan fingerprint density at radius 1 is 1.06 bits per heavy atom. The number of aryl methyl sites for hydroxylation is 3. The molecule has 4 aromatic rings. The number of carbonyl (C=O) groups excluding carboxylic acids is 1. The molecule has 0 aliphatic carbocycles. The normalized spacial score (nSPS) is 17.9. The molecule has 1 N–H and O–H groups in total. The van der Waals surface area contributed by atoms with Gasteiger partial charge in [-0.2, -0.15) is 9.40 Å². The average molecular weight is 662 g/mol. The van der Waals surface area contributed by atoms with Crippen LogP contribution in [0.5, 0.6) is 5.75 Å². The van der Waals surface area contributed by atoms with Crippen LogP contribution in [0.1, 0.15) is 77.2 Å². The summed E-state index contributed by atoms with van der Waals surface area (Å²) < 4.78 is 36.2. The molecule has 6 rings (SSSR count). The number of methoxy groups -OCH3 is 1. The fourth-order valence-corrected chi connectivity index (χ4v) is 9.10. The fourth-order valence-electron chi connectivity index (χ4n) is 7.37.